The predicted molar refractivity (Wildman–Crippen MR) is 74.6 cm³/mol. The van der Waals surface area contributed by atoms with Crippen LogP contribution in [-0.2, 0) is 6.42 Å². The van der Waals surface area contributed by atoms with Crippen molar-refractivity contribution in [3.63, 3.8) is 0 Å². The van der Waals surface area contributed by atoms with E-state index in [9.17, 15) is 0 Å². The van der Waals surface area contributed by atoms with E-state index in [0.29, 0.717) is 0 Å². The fourth-order valence-electron chi connectivity index (χ4n) is 2.42. The Bertz CT molecular complexity index is 371. The Kier molecular flexibility index (Phi) is 4.06. The van der Waals surface area contributed by atoms with Gasteiger partial charge in [0.15, 0.2) is 0 Å². The zero-order chi connectivity index (χ0) is 12.3. The summed E-state index contributed by atoms with van der Waals surface area (Å²) in [6.45, 7) is 10.0. The summed E-state index contributed by atoms with van der Waals surface area (Å²) in [6, 6.07) is 6.71. The van der Waals surface area contributed by atoms with Crippen LogP contribution in [0, 0.1) is 18.8 Å². The molecular weight excluding hydrogens is 208 g/mol. The monoisotopic (exact) mass is 232 g/mol. The van der Waals surface area contributed by atoms with Gasteiger partial charge >= 0.3 is 0 Å². The van der Waals surface area contributed by atoms with Gasteiger partial charge in [0.2, 0.25) is 0 Å². The minimum atomic E-state index is 0.725. The molecule has 1 aromatic carbocycles. The summed E-state index contributed by atoms with van der Waals surface area (Å²) in [7, 11) is 0. The van der Waals surface area contributed by atoms with Crippen LogP contribution in [0.1, 0.15) is 25.0 Å². The molecule has 1 aromatic rings. The summed E-state index contributed by atoms with van der Waals surface area (Å²) < 4.78 is 0. The molecule has 0 radical (unpaired) electrons. The average molecular weight is 232 g/mol. The third kappa shape index (κ3) is 3.47. The second-order valence-corrected chi connectivity index (χ2v) is 5.66. The van der Waals surface area contributed by atoms with Crippen LogP contribution in [0.4, 0.5) is 5.69 Å². The van der Waals surface area contributed by atoms with Crippen molar-refractivity contribution in [1.82, 2.24) is 5.32 Å². The first-order chi connectivity index (χ1) is 8.15. The Balaban J connectivity index is 1.89. The van der Waals surface area contributed by atoms with Crippen molar-refractivity contribution < 1.29 is 0 Å². The molecule has 0 saturated heterocycles. The first-order valence-corrected chi connectivity index (χ1v) is 6.69. The fourth-order valence-corrected chi connectivity index (χ4v) is 2.42. The zero-order valence-corrected chi connectivity index (χ0v) is 11.2. The number of fused-ring (bicyclic) bond motifs is 1. The maximum absolute atomic E-state index is 3.56. The molecule has 17 heavy (non-hydrogen) atoms. The molecule has 1 aliphatic heterocycles. The SMILES string of the molecule is Cc1ccc2c(c1)CC(CNCC(C)C)CN2. The Morgan fingerprint density at radius 3 is 3.00 bits per heavy atom. The lowest BCUT2D eigenvalue weighted by atomic mass is 9.93. The quantitative estimate of drug-likeness (QED) is 0.834. The lowest BCUT2D eigenvalue weighted by Crippen LogP contribution is -2.34. The summed E-state index contributed by atoms with van der Waals surface area (Å²) in [4.78, 5) is 0. The Morgan fingerprint density at radius 2 is 2.24 bits per heavy atom. The van der Waals surface area contributed by atoms with E-state index in [1.54, 1.807) is 0 Å². The zero-order valence-electron chi connectivity index (χ0n) is 11.2. The van der Waals surface area contributed by atoms with Crippen LogP contribution in [0.5, 0.6) is 0 Å². The molecule has 2 N–H and O–H groups in total. The highest BCUT2D eigenvalue weighted by Crippen LogP contribution is 2.25. The molecule has 0 bridgehead atoms. The minimum Gasteiger partial charge on any atom is -0.384 e. The Hall–Kier alpha value is -1.02. The molecule has 0 saturated carbocycles. The van der Waals surface area contributed by atoms with E-state index in [-0.39, 0.29) is 0 Å². The van der Waals surface area contributed by atoms with Crippen molar-refractivity contribution >= 4 is 5.69 Å². The lowest BCUT2D eigenvalue weighted by molar-refractivity contribution is 0.455. The van der Waals surface area contributed by atoms with Crippen molar-refractivity contribution in [1.29, 1.82) is 0 Å². The summed E-state index contributed by atoms with van der Waals surface area (Å²) in [6.07, 6.45) is 1.20. The van der Waals surface area contributed by atoms with Crippen LogP contribution < -0.4 is 10.6 Å². The Labute approximate surface area is 105 Å². The molecule has 0 amide bonds. The molecular formula is C15H24N2. The van der Waals surface area contributed by atoms with Gasteiger partial charge in [0.05, 0.1) is 0 Å². The molecule has 2 nitrogen and oxygen atoms in total. The van der Waals surface area contributed by atoms with Crippen molar-refractivity contribution in [2.45, 2.75) is 27.2 Å². The highest BCUT2D eigenvalue weighted by Gasteiger charge is 2.17. The summed E-state index contributed by atoms with van der Waals surface area (Å²) in [5.74, 6) is 1.46. The number of anilines is 1. The van der Waals surface area contributed by atoms with Crippen LogP contribution in [-0.4, -0.2) is 19.6 Å². The van der Waals surface area contributed by atoms with E-state index in [1.165, 1.54) is 23.2 Å². The normalized spacial score (nSPS) is 18.9. The highest BCUT2D eigenvalue weighted by atomic mass is 14.9. The average Bonchev–Trinajstić information content (AvgIpc) is 2.28. The van der Waals surface area contributed by atoms with Gasteiger partial charge < -0.3 is 10.6 Å². The van der Waals surface area contributed by atoms with Gasteiger partial charge in [0.25, 0.3) is 0 Å². The van der Waals surface area contributed by atoms with E-state index >= 15 is 0 Å². The largest absolute Gasteiger partial charge is 0.384 e. The summed E-state index contributed by atoms with van der Waals surface area (Å²) in [5, 5.41) is 7.10. The van der Waals surface area contributed by atoms with Gasteiger partial charge in [0.1, 0.15) is 0 Å². The van der Waals surface area contributed by atoms with Crippen LogP contribution in [0.3, 0.4) is 0 Å². The van der Waals surface area contributed by atoms with Crippen molar-refractivity contribution in [2.75, 3.05) is 25.0 Å². The maximum Gasteiger partial charge on any atom is 0.0373 e. The lowest BCUT2D eigenvalue weighted by Gasteiger charge is -2.27. The number of benzene rings is 1. The highest BCUT2D eigenvalue weighted by molar-refractivity contribution is 5.54. The number of hydrogen-bond donors (Lipinski definition) is 2. The first-order valence-electron chi connectivity index (χ1n) is 6.69. The van der Waals surface area contributed by atoms with Gasteiger partial charge in [-0.2, -0.15) is 0 Å². The van der Waals surface area contributed by atoms with E-state index in [1.807, 2.05) is 0 Å². The van der Waals surface area contributed by atoms with E-state index in [0.717, 1.165) is 31.5 Å². The molecule has 0 fully saturated rings. The minimum absolute atomic E-state index is 0.725. The molecule has 1 aliphatic rings. The van der Waals surface area contributed by atoms with Crippen LogP contribution in [0.2, 0.25) is 0 Å². The number of rotatable bonds is 4. The predicted octanol–water partition coefficient (Wildman–Crippen LogP) is 2.82. The second-order valence-electron chi connectivity index (χ2n) is 5.66. The van der Waals surface area contributed by atoms with Crippen LogP contribution >= 0.6 is 0 Å². The standard InChI is InChI=1S/C15H24N2/c1-11(2)8-16-9-13-7-14-6-12(3)4-5-15(14)17-10-13/h4-6,11,13,16-17H,7-10H2,1-3H3. The third-order valence-electron chi connectivity index (χ3n) is 3.34. The molecule has 1 heterocycles. The Morgan fingerprint density at radius 1 is 1.41 bits per heavy atom. The number of aryl methyl sites for hydroxylation is 1. The number of nitrogens with one attached hydrogen (secondary N) is 2. The maximum atomic E-state index is 3.56. The van der Waals surface area contributed by atoms with Gasteiger partial charge in [-0.3, -0.25) is 0 Å². The molecule has 94 valence electrons. The van der Waals surface area contributed by atoms with E-state index in [4.69, 9.17) is 0 Å². The van der Waals surface area contributed by atoms with Gasteiger partial charge in [-0.15, -0.1) is 0 Å². The summed E-state index contributed by atoms with van der Waals surface area (Å²) in [5.41, 5.74) is 4.17. The topological polar surface area (TPSA) is 24.1 Å². The van der Waals surface area contributed by atoms with Crippen molar-refractivity contribution in [3.8, 4) is 0 Å². The van der Waals surface area contributed by atoms with Crippen LogP contribution in [0.15, 0.2) is 18.2 Å². The smallest absolute Gasteiger partial charge is 0.0373 e. The molecule has 0 aliphatic carbocycles. The van der Waals surface area contributed by atoms with Gasteiger partial charge in [-0.25, -0.2) is 0 Å². The fraction of sp³-hybridized carbons (Fsp3) is 0.600. The molecule has 0 aromatic heterocycles. The third-order valence-corrected chi connectivity index (χ3v) is 3.34. The molecule has 0 spiro atoms. The first kappa shape index (κ1) is 12.4. The van der Waals surface area contributed by atoms with Gasteiger partial charge in [0, 0.05) is 12.2 Å². The molecule has 2 heteroatoms. The molecule has 2 rings (SSSR count). The van der Waals surface area contributed by atoms with E-state index in [2.05, 4.69) is 49.6 Å². The van der Waals surface area contributed by atoms with Gasteiger partial charge in [-0.1, -0.05) is 31.5 Å². The van der Waals surface area contributed by atoms with Gasteiger partial charge in [-0.05, 0) is 49.9 Å². The number of hydrogen-bond acceptors (Lipinski definition) is 2. The van der Waals surface area contributed by atoms with Crippen LogP contribution in [0.25, 0.3) is 0 Å². The van der Waals surface area contributed by atoms with E-state index < -0.39 is 0 Å². The molecule has 1 unspecified atom stereocenters. The molecule has 1 atom stereocenters. The van der Waals surface area contributed by atoms with Crippen molar-refractivity contribution in [3.05, 3.63) is 29.3 Å². The van der Waals surface area contributed by atoms with Crippen molar-refractivity contribution in [2.24, 2.45) is 11.8 Å². The second kappa shape index (κ2) is 5.54. The summed E-state index contributed by atoms with van der Waals surface area (Å²) >= 11 is 0.